The molecule has 1 N–H and O–H groups in total. The van der Waals surface area contributed by atoms with Gasteiger partial charge in [0, 0.05) is 19.3 Å². The van der Waals surface area contributed by atoms with Gasteiger partial charge in [-0.25, -0.2) is 4.98 Å². The van der Waals surface area contributed by atoms with E-state index in [1.165, 1.54) is 4.57 Å². The molecule has 3 nitrogen and oxygen atoms in total. The first-order chi connectivity index (χ1) is 6.47. The molecule has 0 aliphatic carbocycles. The van der Waals surface area contributed by atoms with Crippen LogP contribution >= 0.6 is 0 Å². The third-order valence-corrected chi connectivity index (χ3v) is 2.18. The van der Waals surface area contributed by atoms with Crippen molar-refractivity contribution in [3.05, 3.63) is 11.9 Å². The molecule has 0 fully saturated rings. The molecule has 0 radical (unpaired) electrons. The summed E-state index contributed by atoms with van der Waals surface area (Å²) in [4.78, 5) is 3.48. The lowest BCUT2D eigenvalue weighted by Gasteiger charge is -2.21. The van der Waals surface area contributed by atoms with Crippen molar-refractivity contribution in [3.63, 3.8) is 0 Å². The van der Waals surface area contributed by atoms with E-state index in [-0.39, 0.29) is 0 Å². The molecule has 0 saturated heterocycles. The topological polar surface area (TPSA) is 29.9 Å². The summed E-state index contributed by atoms with van der Waals surface area (Å²) in [6, 6.07) is 0. The van der Waals surface area contributed by atoms with E-state index in [1.807, 2.05) is 6.92 Å². The lowest BCUT2D eigenvalue weighted by molar-refractivity contribution is -0.140. The molecule has 1 aliphatic rings. The van der Waals surface area contributed by atoms with Crippen molar-refractivity contribution in [1.82, 2.24) is 9.55 Å². The molecule has 14 heavy (non-hydrogen) atoms. The Morgan fingerprint density at radius 3 is 2.93 bits per heavy atom. The van der Waals surface area contributed by atoms with Crippen molar-refractivity contribution in [2.45, 2.75) is 19.6 Å². The largest absolute Gasteiger partial charge is 0.434 e. The van der Waals surface area contributed by atoms with E-state index in [0.717, 1.165) is 6.20 Å². The monoisotopic (exact) mass is 205 g/mol. The molecule has 0 amide bonds. The molecular formula is C8H10F3N3. The van der Waals surface area contributed by atoms with Crippen LogP contribution in [0.4, 0.5) is 19.1 Å². The summed E-state index contributed by atoms with van der Waals surface area (Å²) in [5.74, 6) is 0.646. The van der Waals surface area contributed by atoms with Gasteiger partial charge in [-0.1, -0.05) is 6.92 Å². The van der Waals surface area contributed by atoms with E-state index in [9.17, 15) is 13.2 Å². The predicted molar refractivity (Wildman–Crippen MR) is 44.9 cm³/mol. The van der Waals surface area contributed by atoms with Crippen molar-refractivity contribution in [1.29, 1.82) is 0 Å². The minimum absolute atomic E-state index is 0.315. The molecule has 1 atom stereocenters. The first kappa shape index (κ1) is 9.36. The van der Waals surface area contributed by atoms with Crippen molar-refractivity contribution in [2.75, 3.05) is 11.9 Å². The number of hydrogen-bond acceptors (Lipinski definition) is 2. The highest BCUT2D eigenvalue weighted by Crippen LogP contribution is 2.30. The summed E-state index contributed by atoms with van der Waals surface area (Å²) in [5.41, 5.74) is -0.825. The summed E-state index contributed by atoms with van der Waals surface area (Å²) in [7, 11) is 0. The van der Waals surface area contributed by atoms with Gasteiger partial charge in [-0.05, 0) is 5.92 Å². The van der Waals surface area contributed by atoms with Gasteiger partial charge >= 0.3 is 6.18 Å². The fourth-order valence-electron chi connectivity index (χ4n) is 1.50. The standard InChI is InChI=1S/C8H10F3N3/c1-5-2-12-7-13-6(8(9,10)11)4-14(7)3-5/h4-5H,2-3H2,1H3,(H,12,13). The lowest BCUT2D eigenvalue weighted by atomic mass is 10.1. The van der Waals surface area contributed by atoms with Crippen LogP contribution in [0.1, 0.15) is 12.6 Å². The first-order valence-corrected chi connectivity index (χ1v) is 4.35. The Bertz CT molecular complexity index is 342. The average Bonchev–Trinajstić information content (AvgIpc) is 2.45. The van der Waals surface area contributed by atoms with Gasteiger partial charge in [0.2, 0.25) is 5.95 Å². The van der Waals surface area contributed by atoms with Crippen LogP contribution in [-0.2, 0) is 12.7 Å². The minimum Gasteiger partial charge on any atom is -0.355 e. The van der Waals surface area contributed by atoms with Crippen LogP contribution in [0, 0.1) is 5.92 Å². The highest BCUT2D eigenvalue weighted by Gasteiger charge is 2.35. The molecule has 0 spiro atoms. The zero-order chi connectivity index (χ0) is 10.3. The molecule has 0 bridgehead atoms. The number of halogens is 3. The second-order valence-corrected chi connectivity index (χ2v) is 3.59. The van der Waals surface area contributed by atoms with Crippen molar-refractivity contribution in [2.24, 2.45) is 5.92 Å². The number of rotatable bonds is 0. The molecular weight excluding hydrogens is 195 g/mol. The van der Waals surface area contributed by atoms with Crippen LogP contribution < -0.4 is 5.32 Å². The van der Waals surface area contributed by atoms with Crippen LogP contribution in [0.2, 0.25) is 0 Å². The summed E-state index contributed by atoms with van der Waals surface area (Å²) in [6.45, 7) is 3.24. The summed E-state index contributed by atoms with van der Waals surface area (Å²) >= 11 is 0. The third kappa shape index (κ3) is 1.56. The molecule has 1 aliphatic heterocycles. The van der Waals surface area contributed by atoms with Gasteiger partial charge in [-0.15, -0.1) is 0 Å². The van der Waals surface area contributed by atoms with Gasteiger partial charge in [-0.2, -0.15) is 13.2 Å². The SMILES string of the molecule is CC1CNc2nc(C(F)(F)F)cn2C1. The molecule has 1 aromatic rings. The zero-order valence-electron chi connectivity index (χ0n) is 7.60. The molecule has 1 unspecified atom stereocenters. The quantitative estimate of drug-likeness (QED) is 0.701. The smallest absolute Gasteiger partial charge is 0.355 e. The van der Waals surface area contributed by atoms with Crippen LogP contribution in [0.25, 0.3) is 0 Å². The predicted octanol–water partition coefficient (Wildman–Crippen LogP) is 1.96. The van der Waals surface area contributed by atoms with Crippen LogP contribution in [0.15, 0.2) is 6.20 Å². The van der Waals surface area contributed by atoms with E-state index in [4.69, 9.17) is 0 Å². The number of imidazole rings is 1. The Balaban J connectivity index is 2.32. The molecule has 0 saturated carbocycles. The number of fused-ring (bicyclic) bond motifs is 1. The zero-order valence-corrected chi connectivity index (χ0v) is 7.60. The van der Waals surface area contributed by atoms with Gasteiger partial charge in [0.15, 0.2) is 5.69 Å². The van der Waals surface area contributed by atoms with Gasteiger partial charge in [0.1, 0.15) is 0 Å². The maximum Gasteiger partial charge on any atom is 0.434 e. The van der Waals surface area contributed by atoms with Crippen molar-refractivity contribution < 1.29 is 13.2 Å². The minimum atomic E-state index is -4.35. The van der Waals surface area contributed by atoms with Gasteiger partial charge in [-0.3, -0.25) is 0 Å². The number of hydrogen-bond donors (Lipinski definition) is 1. The molecule has 1 aromatic heterocycles. The fourth-order valence-corrected chi connectivity index (χ4v) is 1.50. The van der Waals surface area contributed by atoms with Crippen LogP contribution in [0.3, 0.4) is 0 Å². The Morgan fingerprint density at radius 2 is 2.29 bits per heavy atom. The molecule has 0 aromatic carbocycles. The summed E-state index contributed by atoms with van der Waals surface area (Å²) < 4.78 is 38.3. The third-order valence-electron chi connectivity index (χ3n) is 2.18. The molecule has 6 heteroatoms. The normalized spacial score (nSPS) is 21.6. The summed E-state index contributed by atoms with van der Waals surface area (Å²) in [5, 5.41) is 2.86. The van der Waals surface area contributed by atoms with Gasteiger partial charge in [0.05, 0.1) is 0 Å². The van der Waals surface area contributed by atoms with E-state index >= 15 is 0 Å². The Hall–Kier alpha value is -1.20. The Labute approximate surface area is 78.9 Å². The fraction of sp³-hybridized carbons (Fsp3) is 0.625. The van der Waals surface area contributed by atoms with Crippen LogP contribution in [0.5, 0.6) is 0 Å². The van der Waals surface area contributed by atoms with Gasteiger partial charge in [0.25, 0.3) is 0 Å². The highest BCUT2D eigenvalue weighted by molar-refractivity contribution is 5.31. The lowest BCUT2D eigenvalue weighted by Crippen LogP contribution is -2.24. The Morgan fingerprint density at radius 1 is 1.57 bits per heavy atom. The molecule has 2 heterocycles. The first-order valence-electron chi connectivity index (χ1n) is 4.35. The Kier molecular flexibility index (Phi) is 1.94. The highest BCUT2D eigenvalue weighted by atomic mass is 19.4. The maximum absolute atomic E-state index is 12.3. The number of nitrogens with one attached hydrogen (secondary N) is 1. The molecule has 2 rings (SSSR count). The van der Waals surface area contributed by atoms with Crippen LogP contribution in [-0.4, -0.2) is 16.1 Å². The molecule has 78 valence electrons. The van der Waals surface area contributed by atoms with E-state index in [2.05, 4.69) is 10.3 Å². The number of nitrogens with zero attached hydrogens (tertiary/aromatic N) is 2. The average molecular weight is 205 g/mol. The van der Waals surface area contributed by atoms with E-state index in [1.54, 1.807) is 0 Å². The number of aromatic nitrogens is 2. The van der Waals surface area contributed by atoms with Crippen molar-refractivity contribution >= 4 is 5.95 Å². The van der Waals surface area contributed by atoms with E-state index < -0.39 is 11.9 Å². The van der Waals surface area contributed by atoms with Crippen molar-refractivity contribution in [3.8, 4) is 0 Å². The maximum atomic E-state index is 12.3. The number of anilines is 1. The number of alkyl halides is 3. The summed E-state index contributed by atoms with van der Waals surface area (Å²) in [6.07, 6.45) is -3.30. The second kappa shape index (κ2) is 2.90. The van der Waals surface area contributed by atoms with Gasteiger partial charge < -0.3 is 9.88 Å². The van der Waals surface area contributed by atoms with E-state index in [0.29, 0.717) is 25.0 Å². The second-order valence-electron chi connectivity index (χ2n) is 3.59.